The topological polar surface area (TPSA) is 52.6 Å². The molecule has 0 amide bonds. The summed E-state index contributed by atoms with van der Waals surface area (Å²) in [6.45, 7) is 2.05. The van der Waals surface area contributed by atoms with Crippen LogP contribution in [0.5, 0.6) is 0 Å². The van der Waals surface area contributed by atoms with Gasteiger partial charge < -0.3 is 9.47 Å². The van der Waals surface area contributed by atoms with Gasteiger partial charge in [0, 0.05) is 0 Å². The zero-order chi connectivity index (χ0) is 15.7. The molecule has 0 aromatic rings. The fraction of sp³-hybridized carbons (Fsp3) is 0.882. The Morgan fingerprint density at radius 1 is 1.00 bits per heavy atom. The van der Waals surface area contributed by atoms with Gasteiger partial charge in [-0.3, -0.25) is 9.59 Å². The van der Waals surface area contributed by atoms with Crippen molar-refractivity contribution >= 4 is 11.9 Å². The molecule has 0 bridgehead atoms. The van der Waals surface area contributed by atoms with Crippen LogP contribution in [0.2, 0.25) is 0 Å². The predicted octanol–water partition coefficient (Wildman–Crippen LogP) is 3.73. The molecule has 1 aliphatic rings. The van der Waals surface area contributed by atoms with Crippen LogP contribution in [-0.4, -0.2) is 26.2 Å². The van der Waals surface area contributed by atoms with Crippen LogP contribution in [0.4, 0.5) is 0 Å². The number of carbonyl (C=O) groups is 2. The minimum atomic E-state index is -0.200. The van der Waals surface area contributed by atoms with Crippen LogP contribution < -0.4 is 0 Å². The third-order valence-corrected chi connectivity index (χ3v) is 4.62. The number of rotatable bonds is 8. The summed E-state index contributed by atoms with van der Waals surface area (Å²) < 4.78 is 9.83. The van der Waals surface area contributed by atoms with Crippen LogP contribution >= 0.6 is 0 Å². The Kier molecular flexibility index (Phi) is 8.40. The molecule has 21 heavy (non-hydrogen) atoms. The molecule has 4 heteroatoms. The molecule has 122 valence electrons. The lowest BCUT2D eigenvalue weighted by molar-refractivity contribution is -0.150. The highest BCUT2D eigenvalue weighted by atomic mass is 16.5. The first-order chi connectivity index (χ1) is 10.1. The Balaban J connectivity index is 2.66. The summed E-state index contributed by atoms with van der Waals surface area (Å²) in [6, 6.07) is 0. The molecule has 2 atom stereocenters. The van der Waals surface area contributed by atoms with Gasteiger partial charge in [0.1, 0.15) is 0 Å². The minimum Gasteiger partial charge on any atom is -0.469 e. The Bertz CT molecular complexity index is 321. The van der Waals surface area contributed by atoms with E-state index in [1.165, 1.54) is 46.3 Å². The average molecular weight is 298 g/mol. The molecule has 1 aliphatic carbocycles. The Morgan fingerprint density at radius 3 is 2.10 bits per heavy atom. The van der Waals surface area contributed by atoms with E-state index in [2.05, 4.69) is 0 Å². The predicted molar refractivity (Wildman–Crippen MR) is 81.7 cm³/mol. The molecule has 4 nitrogen and oxygen atoms in total. The van der Waals surface area contributed by atoms with Gasteiger partial charge in [0.15, 0.2) is 0 Å². The maximum Gasteiger partial charge on any atom is 0.308 e. The highest BCUT2D eigenvalue weighted by molar-refractivity contribution is 5.75. The molecule has 1 rings (SSSR count). The van der Waals surface area contributed by atoms with E-state index in [4.69, 9.17) is 9.47 Å². The van der Waals surface area contributed by atoms with Crippen LogP contribution in [0.25, 0.3) is 0 Å². The van der Waals surface area contributed by atoms with Gasteiger partial charge in [0.25, 0.3) is 0 Å². The summed E-state index contributed by atoms with van der Waals surface area (Å²) in [5, 5.41) is 0. The zero-order valence-corrected chi connectivity index (χ0v) is 13.7. The van der Waals surface area contributed by atoms with E-state index in [0.29, 0.717) is 12.3 Å². The van der Waals surface area contributed by atoms with Crippen LogP contribution in [-0.2, 0) is 19.1 Å². The van der Waals surface area contributed by atoms with Crippen molar-refractivity contribution in [1.82, 2.24) is 0 Å². The molecule has 0 unspecified atom stereocenters. The number of hydrogen-bond acceptors (Lipinski definition) is 4. The molecule has 0 aliphatic heterocycles. The van der Waals surface area contributed by atoms with E-state index in [1.54, 1.807) is 0 Å². The standard InChI is InChI=1S/C17H30O4/c1-4-8-14(16(18)20-2)12-15(17(19)21-3)11-13-9-6-5-7-10-13/h13-15H,4-12H2,1-3H3/t14-,15+/m0/s1. The molecule has 0 saturated heterocycles. The van der Waals surface area contributed by atoms with Crippen molar-refractivity contribution in [1.29, 1.82) is 0 Å². The van der Waals surface area contributed by atoms with Crippen molar-refractivity contribution < 1.29 is 19.1 Å². The van der Waals surface area contributed by atoms with Gasteiger partial charge in [0.2, 0.25) is 0 Å². The molecule has 0 heterocycles. The number of ether oxygens (including phenoxy) is 2. The van der Waals surface area contributed by atoms with E-state index in [1.807, 2.05) is 6.92 Å². The van der Waals surface area contributed by atoms with Crippen molar-refractivity contribution in [2.45, 2.75) is 64.7 Å². The first-order valence-corrected chi connectivity index (χ1v) is 8.28. The van der Waals surface area contributed by atoms with E-state index >= 15 is 0 Å². The Hall–Kier alpha value is -1.06. The van der Waals surface area contributed by atoms with Crippen molar-refractivity contribution in [2.75, 3.05) is 14.2 Å². The summed E-state index contributed by atoms with van der Waals surface area (Å²) in [5.41, 5.74) is 0. The number of hydrogen-bond donors (Lipinski definition) is 0. The molecular formula is C17H30O4. The van der Waals surface area contributed by atoms with E-state index < -0.39 is 0 Å². The SMILES string of the molecule is CCC[C@@H](C[C@@H](CC1CCCCC1)C(=O)OC)C(=O)OC. The van der Waals surface area contributed by atoms with Gasteiger partial charge in [-0.2, -0.15) is 0 Å². The monoisotopic (exact) mass is 298 g/mol. The molecule has 1 fully saturated rings. The number of carbonyl (C=O) groups excluding carboxylic acids is 2. The quantitative estimate of drug-likeness (QED) is 0.641. The normalized spacial score (nSPS) is 18.8. The third kappa shape index (κ3) is 6.06. The van der Waals surface area contributed by atoms with Crippen LogP contribution in [0.1, 0.15) is 64.7 Å². The van der Waals surface area contributed by atoms with E-state index in [9.17, 15) is 9.59 Å². The molecule has 0 spiro atoms. The lowest BCUT2D eigenvalue weighted by Crippen LogP contribution is -2.27. The minimum absolute atomic E-state index is 0.172. The Morgan fingerprint density at radius 2 is 1.57 bits per heavy atom. The van der Waals surface area contributed by atoms with Gasteiger partial charge in [-0.25, -0.2) is 0 Å². The summed E-state index contributed by atoms with van der Waals surface area (Å²) in [7, 11) is 2.85. The highest BCUT2D eigenvalue weighted by Crippen LogP contribution is 2.32. The maximum atomic E-state index is 12.1. The third-order valence-electron chi connectivity index (χ3n) is 4.62. The fourth-order valence-electron chi connectivity index (χ4n) is 3.47. The van der Waals surface area contributed by atoms with E-state index in [0.717, 1.165) is 19.3 Å². The average Bonchev–Trinajstić information content (AvgIpc) is 2.53. The van der Waals surface area contributed by atoms with Crippen molar-refractivity contribution in [2.24, 2.45) is 17.8 Å². The smallest absolute Gasteiger partial charge is 0.308 e. The summed E-state index contributed by atoms with van der Waals surface area (Å²) >= 11 is 0. The second-order valence-electron chi connectivity index (χ2n) is 6.20. The van der Waals surface area contributed by atoms with Crippen molar-refractivity contribution in [3.8, 4) is 0 Å². The molecule has 0 radical (unpaired) electrons. The lowest BCUT2D eigenvalue weighted by atomic mass is 9.79. The second-order valence-corrected chi connectivity index (χ2v) is 6.20. The van der Waals surface area contributed by atoms with Crippen molar-refractivity contribution in [3.05, 3.63) is 0 Å². The summed E-state index contributed by atoms with van der Waals surface area (Å²) in [5.74, 6) is -0.135. The van der Waals surface area contributed by atoms with E-state index in [-0.39, 0.29) is 23.8 Å². The highest BCUT2D eigenvalue weighted by Gasteiger charge is 2.30. The lowest BCUT2D eigenvalue weighted by Gasteiger charge is -2.27. The molecule has 0 aromatic heterocycles. The zero-order valence-electron chi connectivity index (χ0n) is 13.7. The fourth-order valence-corrected chi connectivity index (χ4v) is 3.47. The largest absolute Gasteiger partial charge is 0.469 e. The van der Waals surface area contributed by atoms with Crippen LogP contribution in [0.3, 0.4) is 0 Å². The van der Waals surface area contributed by atoms with Gasteiger partial charge in [0.05, 0.1) is 26.1 Å². The van der Waals surface area contributed by atoms with Crippen LogP contribution in [0.15, 0.2) is 0 Å². The van der Waals surface area contributed by atoms with Crippen LogP contribution in [0, 0.1) is 17.8 Å². The molecule has 0 N–H and O–H groups in total. The van der Waals surface area contributed by atoms with Gasteiger partial charge in [-0.15, -0.1) is 0 Å². The number of esters is 2. The first-order valence-electron chi connectivity index (χ1n) is 8.28. The van der Waals surface area contributed by atoms with Gasteiger partial charge in [-0.05, 0) is 25.2 Å². The second kappa shape index (κ2) is 9.80. The molecule has 0 aromatic carbocycles. The molecule has 1 saturated carbocycles. The summed E-state index contributed by atoms with van der Waals surface area (Å²) in [4.78, 5) is 23.9. The van der Waals surface area contributed by atoms with Gasteiger partial charge >= 0.3 is 11.9 Å². The summed E-state index contributed by atoms with van der Waals surface area (Å²) in [6.07, 6.45) is 9.31. The Labute approximate surface area is 128 Å². The maximum absolute atomic E-state index is 12.1. The molecular weight excluding hydrogens is 268 g/mol. The number of methoxy groups -OCH3 is 2. The first kappa shape index (κ1) is 18.0. The van der Waals surface area contributed by atoms with Gasteiger partial charge in [-0.1, -0.05) is 45.4 Å². The van der Waals surface area contributed by atoms with Crippen molar-refractivity contribution in [3.63, 3.8) is 0 Å².